The van der Waals surface area contributed by atoms with Crippen LogP contribution in [-0.4, -0.2) is 67.9 Å². The molecule has 0 saturated carbocycles. The van der Waals surface area contributed by atoms with Gasteiger partial charge in [0, 0.05) is 37.2 Å². The van der Waals surface area contributed by atoms with E-state index in [1.54, 1.807) is 22.3 Å². The summed E-state index contributed by atoms with van der Waals surface area (Å²) in [6.07, 6.45) is -0.702. The van der Waals surface area contributed by atoms with Gasteiger partial charge in [-0.3, -0.25) is 14.4 Å². The number of fused-ring (bicyclic) bond motifs is 1. The van der Waals surface area contributed by atoms with Crippen molar-refractivity contribution in [3.05, 3.63) is 70.4 Å². The standard InChI is InChI=1S/C33H40N4O5S/c1-19(2)28(37-16-23-9-7-8-10-25(23)31(37)40)32(41)36-17-24(38)14-26(36)30(39)34-15-22-12-11-21(29-20(3)35-18-43-29)13-27(22)42-33(4,5)6/h7-13,18-19,24,26,28,38H,14-17H2,1-6H3,(H,34,39)/t24-,26+,28+/m1/s1. The number of aromatic nitrogens is 1. The number of aliphatic hydroxyl groups is 1. The third-order valence-corrected chi connectivity index (χ3v) is 8.86. The molecule has 2 aromatic carbocycles. The van der Waals surface area contributed by atoms with Gasteiger partial charge in [-0.15, -0.1) is 11.3 Å². The summed E-state index contributed by atoms with van der Waals surface area (Å²) in [5.41, 5.74) is 5.56. The van der Waals surface area contributed by atoms with Crippen molar-refractivity contribution in [3.8, 4) is 16.2 Å². The van der Waals surface area contributed by atoms with Crippen LogP contribution in [0.2, 0.25) is 0 Å². The molecule has 3 amide bonds. The minimum absolute atomic E-state index is 0.0381. The van der Waals surface area contributed by atoms with E-state index >= 15 is 0 Å². The van der Waals surface area contributed by atoms with E-state index in [9.17, 15) is 19.5 Å². The third-order valence-electron chi connectivity index (χ3n) is 7.88. The number of aliphatic hydroxyl groups excluding tert-OH is 1. The van der Waals surface area contributed by atoms with Crippen molar-refractivity contribution in [2.45, 2.75) is 84.8 Å². The van der Waals surface area contributed by atoms with Crippen molar-refractivity contribution in [1.29, 1.82) is 0 Å². The fourth-order valence-corrected chi connectivity index (χ4v) is 6.70. The highest BCUT2D eigenvalue weighted by atomic mass is 32.1. The normalized spacial score (nSPS) is 19.1. The average Bonchev–Trinajstić information content (AvgIpc) is 3.64. The smallest absolute Gasteiger partial charge is 0.255 e. The van der Waals surface area contributed by atoms with E-state index in [1.165, 1.54) is 4.90 Å². The predicted molar refractivity (Wildman–Crippen MR) is 166 cm³/mol. The molecule has 5 rings (SSSR count). The fraction of sp³-hybridized carbons (Fsp3) is 0.455. The second kappa shape index (κ2) is 12.1. The maximum atomic E-state index is 14.0. The van der Waals surface area contributed by atoms with Crippen LogP contribution in [0.1, 0.15) is 68.2 Å². The van der Waals surface area contributed by atoms with E-state index < -0.39 is 23.8 Å². The van der Waals surface area contributed by atoms with Gasteiger partial charge in [0.15, 0.2) is 0 Å². The van der Waals surface area contributed by atoms with Crippen LogP contribution in [0.4, 0.5) is 0 Å². The minimum Gasteiger partial charge on any atom is -0.488 e. The number of ether oxygens (including phenoxy) is 1. The molecule has 0 spiro atoms. The third kappa shape index (κ3) is 6.45. The summed E-state index contributed by atoms with van der Waals surface area (Å²) in [4.78, 5) is 49.3. The SMILES string of the molecule is Cc1ncsc1-c1ccc(CNC(=O)[C@@H]2C[C@@H](O)CN2C(=O)[C@H](C(C)C)N2Cc3ccccc3C2=O)c(OC(C)(C)C)c1. The number of β-amino-alcohol motifs (C(OH)–C–C–N with tert-alkyl or cyclic N) is 1. The topological polar surface area (TPSA) is 112 Å². The number of nitrogens with one attached hydrogen (secondary N) is 1. The molecule has 43 heavy (non-hydrogen) atoms. The van der Waals surface area contributed by atoms with Gasteiger partial charge in [0.1, 0.15) is 23.4 Å². The Morgan fingerprint density at radius 3 is 2.58 bits per heavy atom. The molecule has 2 N–H and O–H groups in total. The van der Waals surface area contributed by atoms with Crippen LogP contribution < -0.4 is 10.1 Å². The summed E-state index contributed by atoms with van der Waals surface area (Å²) in [7, 11) is 0. The lowest BCUT2D eigenvalue weighted by atomic mass is 10.0. The lowest BCUT2D eigenvalue weighted by molar-refractivity contribution is -0.143. The van der Waals surface area contributed by atoms with Crippen molar-refractivity contribution in [1.82, 2.24) is 20.1 Å². The lowest BCUT2D eigenvalue weighted by Crippen LogP contribution is -2.55. The lowest BCUT2D eigenvalue weighted by Gasteiger charge is -2.35. The number of nitrogens with zero attached hydrogens (tertiary/aromatic N) is 3. The Hall–Kier alpha value is -3.76. The molecule has 2 aliphatic heterocycles. The molecule has 1 saturated heterocycles. The Morgan fingerprint density at radius 2 is 1.93 bits per heavy atom. The number of benzene rings is 2. The molecular weight excluding hydrogens is 564 g/mol. The first-order chi connectivity index (χ1) is 20.3. The van der Waals surface area contributed by atoms with Crippen LogP contribution in [0.5, 0.6) is 5.75 Å². The predicted octanol–water partition coefficient (Wildman–Crippen LogP) is 4.55. The molecule has 10 heteroatoms. The highest BCUT2D eigenvalue weighted by Crippen LogP contribution is 2.34. The van der Waals surface area contributed by atoms with Crippen LogP contribution in [0.25, 0.3) is 10.4 Å². The van der Waals surface area contributed by atoms with Gasteiger partial charge < -0.3 is 25.0 Å². The van der Waals surface area contributed by atoms with Crippen LogP contribution in [-0.2, 0) is 22.7 Å². The summed E-state index contributed by atoms with van der Waals surface area (Å²) in [5.74, 6) is -0.400. The molecule has 0 radical (unpaired) electrons. The number of thiazole rings is 1. The number of hydrogen-bond acceptors (Lipinski definition) is 7. The molecule has 0 unspecified atom stereocenters. The summed E-state index contributed by atoms with van der Waals surface area (Å²) >= 11 is 1.56. The van der Waals surface area contributed by atoms with Crippen LogP contribution in [0.15, 0.2) is 48.0 Å². The summed E-state index contributed by atoms with van der Waals surface area (Å²) in [6.45, 7) is 12.2. The molecule has 0 bridgehead atoms. The molecule has 0 aliphatic carbocycles. The number of rotatable bonds is 8. The molecule has 228 valence electrons. The van der Waals surface area contributed by atoms with Crippen LogP contribution in [0.3, 0.4) is 0 Å². The molecule has 9 nitrogen and oxygen atoms in total. The van der Waals surface area contributed by atoms with Crippen molar-refractivity contribution in [2.24, 2.45) is 5.92 Å². The van der Waals surface area contributed by atoms with Gasteiger partial charge in [0.05, 0.1) is 22.2 Å². The Kier molecular flexibility index (Phi) is 8.63. The fourth-order valence-electron chi connectivity index (χ4n) is 5.90. The van der Waals surface area contributed by atoms with Crippen molar-refractivity contribution < 1.29 is 24.2 Å². The zero-order valence-electron chi connectivity index (χ0n) is 25.6. The molecule has 3 heterocycles. The van der Waals surface area contributed by atoms with Crippen LogP contribution in [0, 0.1) is 12.8 Å². The Bertz CT molecular complexity index is 1530. The van der Waals surface area contributed by atoms with Gasteiger partial charge >= 0.3 is 0 Å². The highest BCUT2D eigenvalue weighted by Gasteiger charge is 2.45. The zero-order valence-corrected chi connectivity index (χ0v) is 26.4. The van der Waals surface area contributed by atoms with Crippen molar-refractivity contribution in [3.63, 3.8) is 0 Å². The van der Waals surface area contributed by atoms with Crippen LogP contribution >= 0.6 is 11.3 Å². The van der Waals surface area contributed by atoms with E-state index in [-0.39, 0.29) is 43.1 Å². The number of hydrogen-bond donors (Lipinski definition) is 2. The first-order valence-electron chi connectivity index (χ1n) is 14.7. The summed E-state index contributed by atoms with van der Waals surface area (Å²) in [6, 6.07) is 11.7. The second-order valence-corrected chi connectivity index (χ2v) is 13.6. The Morgan fingerprint density at radius 1 is 1.19 bits per heavy atom. The van der Waals surface area contributed by atoms with Gasteiger partial charge in [-0.1, -0.05) is 44.2 Å². The van der Waals surface area contributed by atoms with E-state index in [2.05, 4.69) is 10.3 Å². The van der Waals surface area contributed by atoms with Gasteiger partial charge in [0.2, 0.25) is 11.8 Å². The molecule has 3 aromatic rings. The molecule has 1 fully saturated rings. The molecule has 3 atom stereocenters. The van der Waals surface area contributed by atoms with Gasteiger partial charge in [-0.25, -0.2) is 4.98 Å². The maximum absolute atomic E-state index is 14.0. The summed E-state index contributed by atoms with van der Waals surface area (Å²) in [5, 5.41) is 13.6. The van der Waals surface area contributed by atoms with Gasteiger partial charge in [0.25, 0.3) is 5.91 Å². The van der Waals surface area contributed by atoms with E-state index in [0.29, 0.717) is 17.9 Å². The van der Waals surface area contributed by atoms with E-state index in [1.807, 2.05) is 83.5 Å². The summed E-state index contributed by atoms with van der Waals surface area (Å²) < 4.78 is 6.29. The van der Waals surface area contributed by atoms with Gasteiger partial charge in [-0.05, 0) is 56.9 Å². The first-order valence-corrected chi connectivity index (χ1v) is 15.6. The number of carbonyl (C=O) groups is 3. The van der Waals surface area contributed by atoms with E-state index in [4.69, 9.17) is 4.74 Å². The number of aryl methyl sites for hydroxylation is 1. The number of carbonyl (C=O) groups excluding carboxylic acids is 3. The zero-order chi connectivity index (χ0) is 31.1. The Labute approximate surface area is 256 Å². The Balaban J connectivity index is 1.34. The average molecular weight is 605 g/mol. The highest BCUT2D eigenvalue weighted by molar-refractivity contribution is 7.13. The second-order valence-electron chi connectivity index (χ2n) is 12.7. The number of amides is 3. The maximum Gasteiger partial charge on any atom is 0.255 e. The monoisotopic (exact) mass is 604 g/mol. The number of likely N-dealkylation sites (tertiary alicyclic amines) is 1. The largest absolute Gasteiger partial charge is 0.488 e. The molecule has 2 aliphatic rings. The molecule has 1 aromatic heterocycles. The minimum atomic E-state index is -0.852. The van der Waals surface area contributed by atoms with E-state index in [0.717, 1.165) is 27.3 Å². The van der Waals surface area contributed by atoms with Crippen molar-refractivity contribution >= 4 is 29.1 Å². The van der Waals surface area contributed by atoms with Crippen molar-refractivity contribution in [2.75, 3.05) is 6.54 Å². The first kappa shape index (κ1) is 30.7. The van der Waals surface area contributed by atoms with Gasteiger partial charge in [-0.2, -0.15) is 0 Å². The molecular formula is C33H40N4O5S. The quantitative estimate of drug-likeness (QED) is 0.390.